The molecule has 0 aromatic carbocycles. The Morgan fingerprint density at radius 3 is 2.75 bits per heavy atom. The summed E-state index contributed by atoms with van der Waals surface area (Å²) in [7, 11) is 0. The van der Waals surface area contributed by atoms with Gasteiger partial charge in [-0.1, -0.05) is 44.2 Å². The van der Waals surface area contributed by atoms with Crippen LogP contribution in [0.5, 0.6) is 0 Å². The molecule has 0 aliphatic carbocycles. The first-order chi connectivity index (χ1) is 9.65. The Labute approximate surface area is 124 Å². The van der Waals surface area contributed by atoms with Crippen LogP contribution >= 0.6 is 11.6 Å². The van der Waals surface area contributed by atoms with Crippen LogP contribution in [-0.4, -0.2) is 30.7 Å². The number of hydrogen-bond donors (Lipinski definition) is 1. The lowest BCUT2D eigenvalue weighted by atomic mass is 10.0. The van der Waals surface area contributed by atoms with E-state index in [0.29, 0.717) is 16.3 Å². The first-order valence-electron chi connectivity index (χ1n) is 7.16. The number of nitrogens with zero attached hydrogens (tertiary/aromatic N) is 4. The summed E-state index contributed by atoms with van der Waals surface area (Å²) in [5.74, 6) is 0. The van der Waals surface area contributed by atoms with Crippen molar-refractivity contribution >= 4 is 22.8 Å². The molecule has 0 saturated heterocycles. The molecule has 0 radical (unpaired) electrons. The zero-order valence-corrected chi connectivity index (χ0v) is 12.7. The molecule has 0 unspecified atom stereocenters. The molecule has 6 heteroatoms. The molecular weight excluding hydrogens is 276 g/mol. The van der Waals surface area contributed by atoms with Gasteiger partial charge in [0.25, 0.3) is 0 Å². The van der Waals surface area contributed by atoms with Crippen molar-refractivity contribution in [1.82, 2.24) is 19.5 Å². The van der Waals surface area contributed by atoms with Crippen LogP contribution in [0.4, 0.5) is 0 Å². The zero-order valence-electron chi connectivity index (χ0n) is 12.0. The predicted octanol–water partition coefficient (Wildman–Crippen LogP) is 3.37. The van der Waals surface area contributed by atoms with Crippen LogP contribution in [0, 0.1) is 0 Å². The maximum absolute atomic E-state index is 10.0. The number of imidazole rings is 1. The average molecular weight is 297 g/mol. The van der Waals surface area contributed by atoms with Gasteiger partial charge in [-0.2, -0.15) is 0 Å². The van der Waals surface area contributed by atoms with Crippen LogP contribution in [0.3, 0.4) is 0 Å². The molecule has 0 spiro atoms. The van der Waals surface area contributed by atoms with E-state index in [1.54, 1.807) is 13.3 Å². The van der Waals surface area contributed by atoms with Crippen LogP contribution in [0.25, 0.3) is 11.2 Å². The molecule has 20 heavy (non-hydrogen) atoms. The summed E-state index contributed by atoms with van der Waals surface area (Å²) in [5, 5.41) is 10.4. The molecule has 1 N–H and O–H groups in total. The van der Waals surface area contributed by atoms with Crippen molar-refractivity contribution < 1.29 is 5.11 Å². The molecular formula is C14H21ClN4O. The van der Waals surface area contributed by atoms with E-state index in [9.17, 15) is 5.11 Å². The molecule has 2 rings (SSSR count). The van der Waals surface area contributed by atoms with Gasteiger partial charge in [0.2, 0.25) is 0 Å². The number of fused-ring (bicyclic) bond motifs is 1. The Morgan fingerprint density at radius 1 is 1.25 bits per heavy atom. The third kappa shape index (κ3) is 3.27. The van der Waals surface area contributed by atoms with Crippen molar-refractivity contribution in [2.75, 3.05) is 0 Å². The monoisotopic (exact) mass is 296 g/mol. The number of halogens is 1. The number of aliphatic hydroxyl groups excluding tert-OH is 1. The van der Waals surface area contributed by atoms with E-state index in [-0.39, 0.29) is 6.04 Å². The average Bonchev–Trinajstić information content (AvgIpc) is 2.84. The third-order valence-corrected chi connectivity index (χ3v) is 3.86. The van der Waals surface area contributed by atoms with Gasteiger partial charge in [0.1, 0.15) is 11.8 Å². The van der Waals surface area contributed by atoms with Crippen molar-refractivity contribution in [3.8, 4) is 0 Å². The van der Waals surface area contributed by atoms with Crippen LogP contribution < -0.4 is 0 Å². The van der Waals surface area contributed by atoms with Gasteiger partial charge < -0.3 is 9.67 Å². The van der Waals surface area contributed by atoms with E-state index >= 15 is 0 Å². The van der Waals surface area contributed by atoms with E-state index in [0.717, 1.165) is 12.8 Å². The number of hydrogen-bond acceptors (Lipinski definition) is 4. The molecule has 0 aliphatic rings. The Bertz CT molecular complexity index is 555. The van der Waals surface area contributed by atoms with E-state index < -0.39 is 6.10 Å². The van der Waals surface area contributed by atoms with Gasteiger partial charge in [0, 0.05) is 0 Å². The molecule has 2 aromatic rings. The maximum Gasteiger partial charge on any atom is 0.165 e. The Balaban J connectivity index is 2.21. The third-order valence-electron chi connectivity index (χ3n) is 3.58. The Hall–Kier alpha value is -1.20. The minimum Gasteiger partial charge on any atom is -0.391 e. The van der Waals surface area contributed by atoms with Crippen molar-refractivity contribution in [2.24, 2.45) is 0 Å². The minimum atomic E-state index is -0.456. The van der Waals surface area contributed by atoms with Gasteiger partial charge in [-0.25, -0.2) is 15.0 Å². The molecule has 0 amide bonds. The molecule has 110 valence electrons. The van der Waals surface area contributed by atoms with Gasteiger partial charge in [0.05, 0.1) is 18.5 Å². The van der Waals surface area contributed by atoms with Gasteiger partial charge >= 0.3 is 0 Å². The highest BCUT2D eigenvalue weighted by Gasteiger charge is 2.20. The predicted molar refractivity (Wildman–Crippen MR) is 79.8 cm³/mol. The lowest BCUT2D eigenvalue weighted by Gasteiger charge is -2.21. The summed E-state index contributed by atoms with van der Waals surface area (Å²) in [5.41, 5.74) is 1.28. The molecule has 5 nitrogen and oxygen atoms in total. The number of unbranched alkanes of at least 4 members (excludes halogenated alkanes) is 3. The molecule has 0 saturated carbocycles. The summed E-state index contributed by atoms with van der Waals surface area (Å²) in [6.07, 6.45) is 8.28. The van der Waals surface area contributed by atoms with E-state index in [1.165, 1.54) is 25.6 Å². The largest absolute Gasteiger partial charge is 0.391 e. The van der Waals surface area contributed by atoms with Crippen molar-refractivity contribution in [3.05, 3.63) is 17.8 Å². The normalized spacial score (nSPS) is 14.6. The van der Waals surface area contributed by atoms with Crippen LogP contribution in [0.15, 0.2) is 12.7 Å². The topological polar surface area (TPSA) is 63.8 Å². The quantitative estimate of drug-likeness (QED) is 0.628. The second kappa shape index (κ2) is 6.99. The second-order valence-electron chi connectivity index (χ2n) is 5.15. The fourth-order valence-corrected chi connectivity index (χ4v) is 2.64. The van der Waals surface area contributed by atoms with Crippen LogP contribution in [0.1, 0.15) is 52.0 Å². The van der Waals surface area contributed by atoms with Crippen molar-refractivity contribution in [3.63, 3.8) is 0 Å². The fraction of sp³-hybridized carbons (Fsp3) is 0.643. The molecule has 0 aliphatic heterocycles. The number of aromatic nitrogens is 4. The van der Waals surface area contributed by atoms with Crippen LogP contribution in [-0.2, 0) is 0 Å². The van der Waals surface area contributed by atoms with Gasteiger partial charge in [-0.3, -0.25) is 0 Å². The smallest absolute Gasteiger partial charge is 0.165 e. The van der Waals surface area contributed by atoms with Crippen molar-refractivity contribution in [2.45, 2.75) is 58.1 Å². The molecule has 2 heterocycles. The highest BCUT2D eigenvalue weighted by molar-refractivity contribution is 6.33. The standard InChI is InChI=1S/C14H21ClN4O/c1-3-4-5-6-7-11(10(2)20)19-9-18-12-13(15)16-8-17-14(12)19/h8-11,20H,3-7H2,1-2H3/t10-,11+/m1/s1. The Kier molecular flexibility index (Phi) is 5.31. The van der Waals surface area contributed by atoms with Gasteiger partial charge in [-0.15, -0.1) is 0 Å². The summed E-state index contributed by atoms with van der Waals surface area (Å²) >= 11 is 6.01. The molecule has 0 fully saturated rings. The molecule has 2 aromatic heterocycles. The van der Waals surface area contributed by atoms with Crippen molar-refractivity contribution in [1.29, 1.82) is 0 Å². The van der Waals surface area contributed by atoms with Gasteiger partial charge in [-0.05, 0) is 13.3 Å². The van der Waals surface area contributed by atoms with Gasteiger partial charge in [0.15, 0.2) is 10.8 Å². The molecule has 2 atom stereocenters. The highest BCUT2D eigenvalue weighted by Crippen LogP contribution is 2.26. The summed E-state index contributed by atoms with van der Waals surface area (Å²) in [6.45, 7) is 3.99. The SMILES string of the molecule is CCCCCC[C@@H]([C@@H](C)O)n1cnc2c(Cl)ncnc21. The highest BCUT2D eigenvalue weighted by atomic mass is 35.5. The fourth-order valence-electron chi connectivity index (χ4n) is 2.46. The summed E-state index contributed by atoms with van der Waals surface area (Å²) in [4.78, 5) is 12.4. The first-order valence-corrected chi connectivity index (χ1v) is 7.54. The minimum absolute atomic E-state index is 0.0252. The molecule has 0 bridgehead atoms. The lowest BCUT2D eigenvalue weighted by Crippen LogP contribution is -2.21. The van der Waals surface area contributed by atoms with E-state index in [2.05, 4.69) is 21.9 Å². The summed E-state index contributed by atoms with van der Waals surface area (Å²) in [6, 6.07) is -0.0252. The Morgan fingerprint density at radius 2 is 2.05 bits per heavy atom. The number of rotatable bonds is 7. The first kappa shape index (κ1) is 15.2. The van der Waals surface area contributed by atoms with E-state index in [1.807, 2.05) is 4.57 Å². The second-order valence-corrected chi connectivity index (χ2v) is 5.50. The lowest BCUT2D eigenvalue weighted by molar-refractivity contribution is 0.124. The summed E-state index contributed by atoms with van der Waals surface area (Å²) < 4.78 is 1.92. The zero-order chi connectivity index (χ0) is 14.5. The van der Waals surface area contributed by atoms with Crippen LogP contribution in [0.2, 0.25) is 5.15 Å². The van der Waals surface area contributed by atoms with E-state index in [4.69, 9.17) is 11.6 Å². The number of aliphatic hydroxyl groups is 1. The maximum atomic E-state index is 10.0.